The fraction of sp³-hybridized carbons (Fsp3) is 0.277. The molecule has 10 atom stereocenters. The molecule has 7 rings (SSSR count). The minimum Gasteiger partial charge on any atom is -0.497 e. The fourth-order valence-corrected chi connectivity index (χ4v) is 6.91. The van der Waals surface area contributed by atoms with Crippen molar-refractivity contribution in [2.24, 2.45) is 0 Å². The van der Waals surface area contributed by atoms with Gasteiger partial charge in [0.1, 0.15) is 17.6 Å². The summed E-state index contributed by atoms with van der Waals surface area (Å²) in [5.41, 5.74) is 0.748. The van der Waals surface area contributed by atoms with Gasteiger partial charge in [-0.25, -0.2) is 19.2 Å². The van der Waals surface area contributed by atoms with Gasteiger partial charge in [-0.15, -0.1) is 0 Å². The maximum atomic E-state index is 13.9. The molecular weight excluding hydrogens is 789 g/mol. The Morgan fingerprint density at radius 2 is 0.803 bits per heavy atom. The van der Waals surface area contributed by atoms with Crippen molar-refractivity contribution in [2.45, 2.75) is 75.3 Å². The first-order valence-corrected chi connectivity index (χ1v) is 19.6. The molecule has 2 heterocycles. The third-order valence-corrected chi connectivity index (χ3v) is 10.1. The lowest BCUT2D eigenvalue weighted by atomic mass is 9.96. The van der Waals surface area contributed by atoms with E-state index in [1.165, 1.54) is 19.2 Å². The number of aliphatic hydroxyl groups is 1. The monoisotopic (exact) mass is 832 g/mol. The molecule has 14 nitrogen and oxygen atoms in total. The average Bonchev–Trinajstić information content (AvgIpc) is 3.29. The standard InChI is InChI=1S/C47H44O14/c1-28-37(57-42(49)30-16-8-4-9-17-30)36(48)39(59-44(51)32-20-12-6-13-21-32)46(54-28)61-41-40(60-45(52)33-22-14-7-15-23-33)38(58-43(50)31-18-10-5-11-19-31)29(2)55-47(41)56-35-26-24-34(53-3)25-27-35/h4-29,36-41,46-48H,1-3H3/t28-,29-,36+,37-,38-,39+,40+,41+,46-,47-/m0/s1. The van der Waals surface area contributed by atoms with E-state index in [2.05, 4.69) is 0 Å². The summed E-state index contributed by atoms with van der Waals surface area (Å²) in [5.74, 6) is -2.32. The molecule has 2 saturated heterocycles. The maximum Gasteiger partial charge on any atom is 0.338 e. The molecule has 0 unspecified atom stereocenters. The Hall–Kier alpha value is -6.58. The van der Waals surface area contributed by atoms with Gasteiger partial charge >= 0.3 is 23.9 Å². The van der Waals surface area contributed by atoms with Crippen molar-refractivity contribution in [3.63, 3.8) is 0 Å². The average molecular weight is 833 g/mol. The van der Waals surface area contributed by atoms with Gasteiger partial charge in [0.05, 0.1) is 41.6 Å². The first-order valence-electron chi connectivity index (χ1n) is 19.6. The van der Waals surface area contributed by atoms with E-state index in [1.807, 2.05) is 0 Å². The van der Waals surface area contributed by atoms with Crippen LogP contribution in [0.4, 0.5) is 0 Å². The molecule has 1 N–H and O–H groups in total. The van der Waals surface area contributed by atoms with Gasteiger partial charge in [0.15, 0.2) is 36.8 Å². The zero-order valence-electron chi connectivity index (χ0n) is 33.4. The van der Waals surface area contributed by atoms with Gasteiger partial charge in [0.25, 0.3) is 0 Å². The molecule has 0 spiro atoms. The van der Waals surface area contributed by atoms with Gasteiger partial charge in [-0.3, -0.25) is 0 Å². The van der Waals surface area contributed by atoms with Gasteiger partial charge in [0.2, 0.25) is 6.29 Å². The number of aliphatic hydroxyl groups excluding tert-OH is 1. The molecule has 2 fully saturated rings. The summed E-state index contributed by atoms with van der Waals surface area (Å²) in [6.45, 7) is 3.16. The number of carbonyl (C=O) groups excluding carboxylic acids is 4. The normalized spacial score (nSPS) is 25.9. The molecule has 0 aliphatic carbocycles. The molecule has 2 aliphatic heterocycles. The second kappa shape index (κ2) is 19.7. The van der Waals surface area contributed by atoms with E-state index in [-0.39, 0.29) is 28.0 Å². The summed E-state index contributed by atoms with van der Waals surface area (Å²) >= 11 is 0. The first kappa shape index (κ1) is 42.5. The van der Waals surface area contributed by atoms with Crippen molar-refractivity contribution in [1.29, 1.82) is 0 Å². The molecule has 316 valence electrons. The zero-order valence-corrected chi connectivity index (χ0v) is 33.4. The van der Waals surface area contributed by atoms with E-state index in [9.17, 15) is 24.3 Å². The van der Waals surface area contributed by atoms with Crippen molar-refractivity contribution in [3.8, 4) is 11.5 Å². The van der Waals surface area contributed by atoms with Crippen LogP contribution in [0.15, 0.2) is 146 Å². The smallest absolute Gasteiger partial charge is 0.338 e. The quantitative estimate of drug-likeness (QED) is 0.105. The molecule has 0 saturated carbocycles. The van der Waals surface area contributed by atoms with Gasteiger partial charge in [-0.1, -0.05) is 72.8 Å². The van der Waals surface area contributed by atoms with Crippen molar-refractivity contribution in [2.75, 3.05) is 7.11 Å². The van der Waals surface area contributed by atoms with Crippen molar-refractivity contribution in [1.82, 2.24) is 0 Å². The molecule has 0 bridgehead atoms. The van der Waals surface area contributed by atoms with Crippen molar-refractivity contribution < 1.29 is 66.9 Å². The van der Waals surface area contributed by atoms with E-state index in [1.54, 1.807) is 147 Å². The highest BCUT2D eigenvalue weighted by Crippen LogP contribution is 2.36. The van der Waals surface area contributed by atoms with Crippen LogP contribution in [0.25, 0.3) is 0 Å². The van der Waals surface area contributed by atoms with Crippen LogP contribution >= 0.6 is 0 Å². The lowest BCUT2D eigenvalue weighted by Gasteiger charge is -2.47. The molecule has 0 aromatic heterocycles. The highest BCUT2D eigenvalue weighted by atomic mass is 16.8. The van der Waals surface area contributed by atoms with Crippen LogP contribution in [0.5, 0.6) is 11.5 Å². The number of esters is 4. The first-order chi connectivity index (χ1) is 29.6. The van der Waals surface area contributed by atoms with Crippen LogP contribution in [0.2, 0.25) is 0 Å². The Balaban J connectivity index is 1.27. The fourth-order valence-electron chi connectivity index (χ4n) is 6.91. The SMILES string of the molecule is COc1ccc(O[C@@H]2O[C@@H](C)[C@H](OC(=O)c3ccccc3)[C@@H](OC(=O)c3ccccc3)[C@H]2O[C@@H]2O[C@@H](C)[C@H](OC(=O)c3ccccc3)[C@@H](O)[C@H]2OC(=O)c2ccccc2)cc1. The topological polar surface area (TPSA) is 172 Å². The number of rotatable bonds is 13. The Labute approximate surface area is 351 Å². The van der Waals surface area contributed by atoms with E-state index in [0.717, 1.165) is 0 Å². The summed E-state index contributed by atoms with van der Waals surface area (Å²) in [4.78, 5) is 54.5. The van der Waals surface area contributed by atoms with Crippen LogP contribution in [0, 0.1) is 0 Å². The van der Waals surface area contributed by atoms with E-state index >= 15 is 0 Å². The van der Waals surface area contributed by atoms with Crippen LogP contribution in [0.1, 0.15) is 55.3 Å². The summed E-state index contributed by atoms with van der Waals surface area (Å²) < 4.78 is 55.0. The number of hydrogen-bond donors (Lipinski definition) is 1. The Morgan fingerprint density at radius 1 is 0.443 bits per heavy atom. The second-order valence-corrected chi connectivity index (χ2v) is 14.2. The van der Waals surface area contributed by atoms with E-state index in [4.69, 9.17) is 42.6 Å². The molecule has 2 aliphatic rings. The number of hydrogen-bond acceptors (Lipinski definition) is 14. The molecule has 61 heavy (non-hydrogen) atoms. The predicted octanol–water partition coefficient (Wildman–Crippen LogP) is 6.21. The van der Waals surface area contributed by atoms with E-state index < -0.39 is 85.3 Å². The van der Waals surface area contributed by atoms with Crippen LogP contribution in [-0.4, -0.2) is 97.5 Å². The highest BCUT2D eigenvalue weighted by molar-refractivity contribution is 5.91. The molecular formula is C47H44O14. The molecule has 5 aromatic rings. The minimum absolute atomic E-state index is 0.142. The van der Waals surface area contributed by atoms with Crippen molar-refractivity contribution in [3.05, 3.63) is 168 Å². The Morgan fingerprint density at radius 3 is 1.25 bits per heavy atom. The summed E-state index contributed by atoms with van der Waals surface area (Å²) in [5, 5.41) is 12.0. The summed E-state index contributed by atoms with van der Waals surface area (Å²) in [7, 11) is 1.52. The third kappa shape index (κ3) is 10.2. The predicted molar refractivity (Wildman–Crippen MR) is 216 cm³/mol. The largest absolute Gasteiger partial charge is 0.497 e. The van der Waals surface area contributed by atoms with E-state index in [0.29, 0.717) is 5.75 Å². The van der Waals surface area contributed by atoms with Gasteiger partial charge in [0, 0.05) is 0 Å². The second-order valence-electron chi connectivity index (χ2n) is 14.2. The number of ether oxygens (including phenoxy) is 9. The lowest BCUT2D eigenvalue weighted by molar-refractivity contribution is -0.349. The molecule has 5 aromatic carbocycles. The molecule has 14 heteroatoms. The van der Waals surface area contributed by atoms with Gasteiger partial charge in [-0.2, -0.15) is 0 Å². The summed E-state index contributed by atoms with van der Waals surface area (Å²) in [6.07, 6.45) is -14.2. The molecule has 0 radical (unpaired) electrons. The van der Waals surface area contributed by atoms with Crippen molar-refractivity contribution >= 4 is 23.9 Å². The Kier molecular flexibility index (Phi) is 13.7. The number of methoxy groups -OCH3 is 1. The zero-order chi connectivity index (χ0) is 42.9. The minimum atomic E-state index is -1.73. The number of benzene rings is 5. The maximum absolute atomic E-state index is 13.9. The third-order valence-electron chi connectivity index (χ3n) is 10.1. The lowest BCUT2D eigenvalue weighted by Crippen LogP contribution is -2.66. The highest BCUT2D eigenvalue weighted by Gasteiger charge is 2.56. The molecule has 0 amide bonds. The number of carbonyl (C=O) groups is 4. The van der Waals surface area contributed by atoms with Gasteiger partial charge < -0.3 is 47.7 Å². The van der Waals surface area contributed by atoms with Crippen LogP contribution < -0.4 is 9.47 Å². The Bertz CT molecular complexity index is 2220. The van der Waals surface area contributed by atoms with Crippen LogP contribution in [0.3, 0.4) is 0 Å². The van der Waals surface area contributed by atoms with Crippen LogP contribution in [-0.2, 0) is 33.2 Å². The van der Waals surface area contributed by atoms with Gasteiger partial charge in [-0.05, 0) is 86.6 Å². The summed E-state index contributed by atoms with van der Waals surface area (Å²) in [6, 6.07) is 39.1.